The lowest BCUT2D eigenvalue weighted by Crippen LogP contribution is -2.21. The average Bonchev–Trinajstić information content (AvgIpc) is 2.99. The van der Waals surface area contributed by atoms with Gasteiger partial charge in [-0.05, 0) is 17.7 Å². The molecule has 0 saturated heterocycles. The largest absolute Gasteiger partial charge is 0.382 e. The van der Waals surface area contributed by atoms with Gasteiger partial charge in [-0.3, -0.25) is 10.8 Å². The number of nitrogens with one attached hydrogen (secondary N) is 2. The number of amidine groups is 1. The van der Waals surface area contributed by atoms with E-state index in [1.165, 1.54) is 0 Å². The summed E-state index contributed by atoms with van der Waals surface area (Å²) in [6.45, 7) is 0. The van der Waals surface area contributed by atoms with Crippen molar-refractivity contribution in [2.24, 2.45) is 10.8 Å². The van der Waals surface area contributed by atoms with Crippen LogP contribution in [0.4, 0.5) is 14.5 Å². The van der Waals surface area contributed by atoms with Crippen LogP contribution in [0.3, 0.4) is 0 Å². The molecule has 1 atom stereocenters. The fraction of sp³-hybridized carbons (Fsp3) is 0.250. The van der Waals surface area contributed by atoms with Crippen LogP contribution in [-0.2, 0) is 0 Å². The molecule has 1 aromatic rings. The predicted molar refractivity (Wildman–Crippen MR) is 67.3 cm³/mol. The molecular weight excluding hydrogens is 252 g/mol. The zero-order valence-corrected chi connectivity index (χ0v) is 9.82. The van der Waals surface area contributed by atoms with Gasteiger partial charge >= 0.3 is 0 Å². The Morgan fingerprint density at radius 1 is 1.58 bits per heavy atom. The molecular formula is C12H11F2N5. The Labute approximate surface area is 108 Å². The van der Waals surface area contributed by atoms with Crippen molar-refractivity contribution in [1.29, 1.82) is 10.7 Å². The normalized spacial score (nSPS) is 20.5. The Kier molecular flexibility index (Phi) is 3.17. The number of alkyl halides is 2. The SMILES string of the molecule is N#C/C(=N\Nc1cccc(C2CC2(F)F)c1)C(=N)N. The molecule has 98 valence electrons. The molecule has 1 unspecified atom stereocenters. The third-order valence-corrected chi connectivity index (χ3v) is 2.77. The van der Waals surface area contributed by atoms with E-state index < -0.39 is 17.7 Å². The van der Waals surface area contributed by atoms with E-state index in [1.807, 2.05) is 0 Å². The molecule has 19 heavy (non-hydrogen) atoms. The highest BCUT2D eigenvalue weighted by Crippen LogP contribution is 2.55. The van der Waals surface area contributed by atoms with Crippen molar-refractivity contribution < 1.29 is 8.78 Å². The Bertz CT molecular complexity index is 588. The highest BCUT2D eigenvalue weighted by molar-refractivity contribution is 6.45. The minimum absolute atomic E-state index is 0.142. The van der Waals surface area contributed by atoms with Crippen molar-refractivity contribution in [1.82, 2.24) is 0 Å². The summed E-state index contributed by atoms with van der Waals surface area (Å²) in [4.78, 5) is 0. The summed E-state index contributed by atoms with van der Waals surface area (Å²) in [5.74, 6) is -3.83. The second-order valence-corrected chi connectivity index (χ2v) is 4.24. The van der Waals surface area contributed by atoms with E-state index >= 15 is 0 Å². The number of nitrogens with two attached hydrogens (primary N) is 1. The second kappa shape index (κ2) is 4.65. The summed E-state index contributed by atoms with van der Waals surface area (Å²) >= 11 is 0. The third kappa shape index (κ3) is 2.85. The van der Waals surface area contributed by atoms with Crippen LogP contribution in [-0.4, -0.2) is 17.5 Å². The second-order valence-electron chi connectivity index (χ2n) is 4.24. The van der Waals surface area contributed by atoms with Gasteiger partial charge in [0.15, 0.2) is 5.84 Å². The number of halogens is 2. The number of benzene rings is 1. The molecule has 1 saturated carbocycles. The van der Waals surface area contributed by atoms with E-state index in [0.717, 1.165) is 0 Å². The molecule has 1 fully saturated rings. The van der Waals surface area contributed by atoms with Gasteiger partial charge in [-0.15, -0.1) is 0 Å². The maximum atomic E-state index is 13.0. The Hall–Kier alpha value is -2.49. The van der Waals surface area contributed by atoms with Gasteiger partial charge in [0.05, 0.1) is 11.6 Å². The molecule has 0 aliphatic heterocycles. The number of hydrogen-bond acceptors (Lipinski definition) is 4. The van der Waals surface area contributed by atoms with Crippen LogP contribution in [0.25, 0.3) is 0 Å². The van der Waals surface area contributed by atoms with E-state index in [0.29, 0.717) is 11.3 Å². The fourth-order valence-electron chi connectivity index (χ4n) is 1.67. The van der Waals surface area contributed by atoms with Gasteiger partial charge in [0.2, 0.25) is 5.71 Å². The lowest BCUT2D eigenvalue weighted by molar-refractivity contribution is 0.112. The van der Waals surface area contributed by atoms with Gasteiger partial charge in [-0.1, -0.05) is 12.1 Å². The van der Waals surface area contributed by atoms with E-state index in [2.05, 4.69) is 10.5 Å². The Balaban J connectivity index is 2.13. The molecule has 0 aromatic heterocycles. The maximum Gasteiger partial charge on any atom is 0.255 e. The van der Waals surface area contributed by atoms with Gasteiger partial charge in [0, 0.05) is 6.42 Å². The number of hydrogen-bond donors (Lipinski definition) is 3. The standard InChI is InChI=1S/C12H11F2N5/c13-12(14)5-9(12)7-2-1-3-8(4-7)18-19-10(6-15)11(16)17/h1-4,9,18H,5H2,(H3,16,17)/b19-10+. The molecule has 0 radical (unpaired) electrons. The predicted octanol–water partition coefficient (Wildman–Crippen LogP) is 2.04. The van der Waals surface area contributed by atoms with Gasteiger partial charge in [-0.25, -0.2) is 8.78 Å². The number of nitriles is 1. The lowest BCUT2D eigenvalue weighted by atomic mass is 10.1. The van der Waals surface area contributed by atoms with Crippen molar-refractivity contribution in [3.05, 3.63) is 29.8 Å². The summed E-state index contributed by atoms with van der Waals surface area (Å²) in [7, 11) is 0. The number of anilines is 1. The van der Waals surface area contributed by atoms with E-state index in [1.54, 1.807) is 30.3 Å². The average molecular weight is 263 g/mol. The molecule has 0 amide bonds. The topological polar surface area (TPSA) is 98.0 Å². The highest BCUT2D eigenvalue weighted by atomic mass is 19.3. The van der Waals surface area contributed by atoms with Crippen LogP contribution in [0.5, 0.6) is 0 Å². The van der Waals surface area contributed by atoms with E-state index in [-0.39, 0.29) is 12.1 Å². The zero-order valence-electron chi connectivity index (χ0n) is 9.82. The van der Waals surface area contributed by atoms with Gasteiger partial charge in [-0.2, -0.15) is 10.4 Å². The summed E-state index contributed by atoms with van der Waals surface area (Å²) in [6.07, 6.45) is -0.142. The molecule has 0 spiro atoms. The minimum atomic E-state index is -2.63. The van der Waals surface area contributed by atoms with Crippen LogP contribution in [0, 0.1) is 16.7 Å². The van der Waals surface area contributed by atoms with Crippen LogP contribution < -0.4 is 11.2 Å². The first-order chi connectivity index (χ1) is 8.94. The first-order valence-corrected chi connectivity index (χ1v) is 5.50. The van der Waals surface area contributed by atoms with Crippen molar-refractivity contribution >= 4 is 17.2 Å². The first kappa shape index (κ1) is 13.0. The summed E-state index contributed by atoms with van der Waals surface area (Å²) in [6, 6.07) is 8.07. The smallest absolute Gasteiger partial charge is 0.255 e. The quantitative estimate of drug-likeness (QED) is 0.440. The molecule has 2 rings (SSSR count). The van der Waals surface area contributed by atoms with Crippen LogP contribution in [0.2, 0.25) is 0 Å². The number of hydrazone groups is 1. The monoisotopic (exact) mass is 263 g/mol. The zero-order chi connectivity index (χ0) is 14.0. The molecule has 4 N–H and O–H groups in total. The van der Waals surface area contributed by atoms with Crippen LogP contribution >= 0.6 is 0 Å². The molecule has 7 heteroatoms. The molecule has 1 aliphatic carbocycles. The van der Waals surface area contributed by atoms with Gasteiger partial charge in [0.25, 0.3) is 5.92 Å². The Morgan fingerprint density at radius 3 is 2.79 bits per heavy atom. The van der Waals surface area contributed by atoms with E-state index in [4.69, 9.17) is 16.4 Å². The summed E-state index contributed by atoms with van der Waals surface area (Å²) in [5, 5.41) is 19.4. The summed E-state index contributed by atoms with van der Waals surface area (Å²) in [5.41, 5.74) is 8.38. The number of rotatable bonds is 4. The maximum absolute atomic E-state index is 13.0. The van der Waals surface area contributed by atoms with E-state index in [9.17, 15) is 8.78 Å². The molecule has 5 nitrogen and oxygen atoms in total. The molecule has 0 bridgehead atoms. The van der Waals surface area contributed by atoms with Gasteiger partial charge < -0.3 is 5.73 Å². The van der Waals surface area contributed by atoms with Crippen molar-refractivity contribution in [2.45, 2.75) is 18.3 Å². The Morgan fingerprint density at radius 2 is 2.26 bits per heavy atom. The summed E-state index contributed by atoms with van der Waals surface area (Å²) < 4.78 is 25.9. The molecule has 0 heterocycles. The highest BCUT2D eigenvalue weighted by Gasteiger charge is 2.57. The first-order valence-electron chi connectivity index (χ1n) is 5.50. The van der Waals surface area contributed by atoms with Crippen LogP contribution in [0.15, 0.2) is 29.4 Å². The molecule has 1 aromatic carbocycles. The molecule has 1 aliphatic rings. The van der Waals surface area contributed by atoms with Crippen LogP contribution in [0.1, 0.15) is 17.9 Å². The lowest BCUT2D eigenvalue weighted by Gasteiger charge is -2.04. The van der Waals surface area contributed by atoms with Gasteiger partial charge in [0.1, 0.15) is 6.07 Å². The van der Waals surface area contributed by atoms with Crippen molar-refractivity contribution in [3.8, 4) is 6.07 Å². The number of nitrogens with zero attached hydrogens (tertiary/aromatic N) is 2. The minimum Gasteiger partial charge on any atom is -0.382 e. The van der Waals surface area contributed by atoms with Crippen molar-refractivity contribution in [2.75, 3.05) is 5.43 Å². The fourth-order valence-corrected chi connectivity index (χ4v) is 1.67. The third-order valence-electron chi connectivity index (χ3n) is 2.77. The van der Waals surface area contributed by atoms with Crippen molar-refractivity contribution in [3.63, 3.8) is 0 Å².